The molecule has 158 valence electrons. The van der Waals surface area contributed by atoms with Crippen LogP contribution in [-0.2, 0) is 11.0 Å². The van der Waals surface area contributed by atoms with E-state index >= 15 is 0 Å². The van der Waals surface area contributed by atoms with Crippen molar-refractivity contribution >= 4 is 11.6 Å². The van der Waals surface area contributed by atoms with Gasteiger partial charge in [0.2, 0.25) is 5.91 Å². The second-order valence-corrected chi connectivity index (χ2v) is 7.64. The molecule has 0 spiro atoms. The molecule has 0 saturated carbocycles. The van der Waals surface area contributed by atoms with Crippen molar-refractivity contribution in [2.24, 2.45) is 0 Å². The molecule has 1 amide bonds. The summed E-state index contributed by atoms with van der Waals surface area (Å²) in [7, 11) is 0. The number of carbonyl (C=O) groups excluding carboxylic acids is 1. The van der Waals surface area contributed by atoms with E-state index in [1.54, 1.807) is 6.07 Å². The molecule has 0 aromatic heterocycles. The van der Waals surface area contributed by atoms with E-state index < -0.39 is 11.7 Å². The van der Waals surface area contributed by atoms with Gasteiger partial charge >= 0.3 is 6.18 Å². The van der Waals surface area contributed by atoms with Gasteiger partial charge in [-0.25, -0.2) is 0 Å². The van der Waals surface area contributed by atoms with Crippen molar-refractivity contribution in [3.8, 4) is 0 Å². The zero-order valence-corrected chi connectivity index (χ0v) is 16.9. The molecule has 0 aliphatic carbocycles. The summed E-state index contributed by atoms with van der Waals surface area (Å²) in [5.41, 5.74) is -0.0526. The Morgan fingerprint density at radius 2 is 1.54 bits per heavy atom. The van der Waals surface area contributed by atoms with Crippen LogP contribution in [0.1, 0.15) is 70.3 Å². The van der Waals surface area contributed by atoms with Crippen LogP contribution in [0.15, 0.2) is 24.3 Å². The molecular formula is C22H33F3N2O. The van der Waals surface area contributed by atoms with E-state index in [-0.39, 0.29) is 5.91 Å². The molecule has 1 aliphatic rings. The van der Waals surface area contributed by atoms with Gasteiger partial charge in [-0.05, 0) is 24.6 Å². The number of benzene rings is 1. The second-order valence-electron chi connectivity index (χ2n) is 7.64. The molecule has 1 aromatic carbocycles. The van der Waals surface area contributed by atoms with Crippen LogP contribution in [0.4, 0.5) is 18.9 Å². The first-order valence-electron chi connectivity index (χ1n) is 10.6. The Balaban J connectivity index is 1.67. The summed E-state index contributed by atoms with van der Waals surface area (Å²) in [4.78, 5) is 16.1. The monoisotopic (exact) mass is 398 g/mol. The van der Waals surface area contributed by atoms with Crippen molar-refractivity contribution in [3.05, 3.63) is 29.8 Å². The van der Waals surface area contributed by atoms with E-state index in [0.29, 0.717) is 38.3 Å². The normalized spacial score (nSPS) is 15.1. The molecule has 1 fully saturated rings. The molecule has 1 aromatic rings. The van der Waals surface area contributed by atoms with Gasteiger partial charge in [0.05, 0.1) is 5.56 Å². The molecule has 1 heterocycles. The van der Waals surface area contributed by atoms with Crippen LogP contribution >= 0.6 is 0 Å². The van der Waals surface area contributed by atoms with Gasteiger partial charge in [-0.2, -0.15) is 13.2 Å². The van der Waals surface area contributed by atoms with Gasteiger partial charge in [0, 0.05) is 38.3 Å². The van der Waals surface area contributed by atoms with Gasteiger partial charge in [-0.3, -0.25) is 4.79 Å². The number of hydrogen-bond donors (Lipinski definition) is 0. The van der Waals surface area contributed by atoms with Crippen molar-refractivity contribution in [3.63, 3.8) is 0 Å². The maximum absolute atomic E-state index is 12.9. The molecular weight excluding hydrogens is 365 g/mol. The summed E-state index contributed by atoms with van der Waals surface area (Å²) < 4.78 is 38.6. The summed E-state index contributed by atoms with van der Waals surface area (Å²) in [6.07, 6.45) is 5.90. The van der Waals surface area contributed by atoms with Gasteiger partial charge in [0.15, 0.2) is 0 Å². The number of carbonyl (C=O) groups is 1. The minimum Gasteiger partial charge on any atom is -0.368 e. The van der Waals surface area contributed by atoms with Crippen LogP contribution in [0.3, 0.4) is 0 Å². The number of hydrogen-bond acceptors (Lipinski definition) is 2. The standard InChI is InChI=1S/C22H33F3N2O/c1-2-3-4-5-6-7-8-9-13-21(28)27-16-14-26(15-17-27)20-12-10-11-19(18-20)22(23,24)25/h10-12,18H,2-9,13-17H2,1H3. The Morgan fingerprint density at radius 3 is 2.14 bits per heavy atom. The van der Waals surface area contributed by atoms with Gasteiger partial charge in [-0.1, -0.05) is 57.9 Å². The summed E-state index contributed by atoms with van der Waals surface area (Å²) in [5.74, 6) is 0.176. The van der Waals surface area contributed by atoms with E-state index in [1.807, 2.05) is 9.80 Å². The summed E-state index contributed by atoms with van der Waals surface area (Å²) >= 11 is 0. The second kappa shape index (κ2) is 11.3. The van der Waals surface area contributed by atoms with Crippen LogP contribution in [0.2, 0.25) is 0 Å². The van der Waals surface area contributed by atoms with E-state index in [0.717, 1.165) is 18.9 Å². The molecule has 1 aliphatic heterocycles. The largest absolute Gasteiger partial charge is 0.416 e. The lowest BCUT2D eigenvalue weighted by Crippen LogP contribution is -2.48. The number of unbranched alkanes of at least 4 members (excludes halogenated alkanes) is 7. The lowest BCUT2D eigenvalue weighted by molar-refractivity contribution is -0.137. The molecule has 0 bridgehead atoms. The molecule has 6 heteroatoms. The highest BCUT2D eigenvalue weighted by Gasteiger charge is 2.31. The fourth-order valence-electron chi connectivity index (χ4n) is 3.66. The lowest BCUT2D eigenvalue weighted by Gasteiger charge is -2.36. The first kappa shape index (κ1) is 22.6. The number of nitrogens with zero attached hydrogens (tertiary/aromatic N) is 2. The Labute approximate surface area is 166 Å². The van der Waals surface area contributed by atoms with Crippen molar-refractivity contribution < 1.29 is 18.0 Å². The Bertz CT molecular complexity index is 596. The first-order valence-corrected chi connectivity index (χ1v) is 10.6. The smallest absolute Gasteiger partial charge is 0.368 e. The third-order valence-electron chi connectivity index (χ3n) is 5.42. The Kier molecular flexibility index (Phi) is 9.13. The quantitative estimate of drug-likeness (QED) is 0.459. The highest BCUT2D eigenvalue weighted by Crippen LogP contribution is 2.31. The molecule has 0 radical (unpaired) electrons. The highest BCUT2D eigenvalue weighted by molar-refractivity contribution is 5.76. The zero-order valence-electron chi connectivity index (χ0n) is 16.9. The summed E-state index contributed by atoms with van der Waals surface area (Å²) in [6.45, 7) is 4.51. The maximum Gasteiger partial charge on any atom is 0.416 e. The van der Waals surface area contributed by atoms with Gasteiger partial charge in [0.25, 0.3) is 0 Å². The highest BCUT2D eigenvalue weighted by atomic mass is 19.4. The maximum atomic E-state index is 12.9. The minimum atomic E-state index is -4.33. The fourth-order valence-corrected chi connectivity index (χ4v) is 3.66. The molecule has 1 saturated heterocycles. The van der Waals surface area contributed by atoms with Crippen LogP contribution < -0.4 is 4.90 Å². The molecule has 0 N–H and O–H groups in total. The van der Waals surface area contributed by atoms with Gasteiger partial charge < -0.3 is 9.80 Å². The molecule has 28 heavy (non-hydrogen) atoms. The Morgan fingerprint density at radius 1 is 0.929 bits per heavy atom. The van der Waals surface area contributed by atoms with E-state index in [9.17, 15) is 18.0 Å². The fraction of sp³-hybridized carbons (Fsp3) is 0.682. The third-order valence-corrected chi connectivity index (χ3v) is 5.42. The van der Waals surface area contributed by atoms with Crippen LogP contribution in [0.25, 0.3) is 0 Å². The van der Waals surface area contributed by atoms with Crippen molar-refractivity contribution in [1.82, 2.24) is 4.90 Å². The number of rotatable bonds is 10. The Hall–Kier alpha value is -1.72. The number of alkyl halides is 3. The number of piperazine rings is 1. The van der Waals surface area contributed by atoms with Gasteiger partial charge in [0.1, 0.15) is 0 Å². The molecule has 3 nitrogen and oxygen atoms in total. The number of anilines is 1. The molecule has 0 atom stereocenters. The average molecular weight is 399 g/mol. The predicted molar refractivity (Wildman–Crippen MR) is 107 cm³/mol. The number of amides is 1. The topological polar surface area (TPSA) is 23.6 Å². The number of halogens is 3. The first-order chi connectivity index (χ1) is 13.4. The molecule has 0 unspecified atom stereocenters. The average Bonchev–Trinajstić information content (AvgIpc) is 2.69. The third kappa shape index (κ3) is 7.36. The van der Waals surface area contributed by atoms with Crippen LogP contribution in [0.5, 0.6) is 0 Å². The minimum absolute atomic E-state index is 0.176. The van der Waals surface area contributed by atoms with E-state index in [1.165, 1.54) is 50.7 Å². The van der Waals surface area contributed by atoms with Crippen molar-refractivity contribution in [1.29, 1.82) is 0 Å². The summed E-state index contributed by atoms with van der Waals surface area (Å²) in [5, 5.41) is 0. The molecule has 2 rings (SSSR count). The van der Waals surface area contributed by atoms with Gasteiger partial charge in [-0.15, -0.1) is 0 Å². The predicted octanol–water partition coefficient (Wildman–Crippen LogP) is 5.88. The SMILES string of the molecule is CCCCCCCCCCC(=O)N1CCN(c2cccc(C(F)(F)F)c2)CC1. The van der Waals surface area contributed by atoms with E-state index in [4.69, 9.17) is 0 Å². The summed E-state index contributed by atoms with van der Waals surface area (Å²) in [6, 6.07) is 5.43. The van der Waals surface area contributed by atoms with Crippen LogP contribution in [0, 0.1) is 0 Å². The van der Waals surface area contributed by atoms with Crippen molar-refractivity contribution in [2.45, 2.75) is 70.9 Å². The van der Waals surface area contributed by atoms with Crippen LogP contribution in [-0.4, -0.2) is 37.0 Å². The van der Waals surface area contributed by atoms with E-state index in [2.05, 4.69) is 6.92 Å². The lowest BCUT2D eigenvalue weighted by atomic mass is 10.1. The zero-order chi connectivity index (χ0) is 20.4. The van der Waals surface area contributed by atoms with Crippen molar-refractivity contribution in [2.75, 3.05) is 31.1 Å².